The number of rotatable bonds is 6. The fourth-order valence-electron chi connectivity index (χ4n) is 11.0. The van der Waals surface area contributed by atoms with Gasteiger partial charge in [0.2, 0.25) is 0 Å². The standard InChI is InChI=1S/C61H40N2/c1-3-16-41(17-4-1)42-30-32-43(33-31-42)44-34-36-46(37-35-44)62(47-38-39-58-52(40-47)50-22-10-14-28-57(50)63(58)45-18-5-2-6-19-45)59-29-15-27-56-60(59)51-23-9-13-26-55(51)61(56)53-24-11-7-20-48(53)49-21-8-12-25-54(49)61/h1-40H. The molecule has 63 heavy (non-hydrogen) atoms. The fourth-order valence-corrected chi connectivity index (χ4v) is 11.0. The summed E-state index contributed by atoms with van der Waals surface area (Å²) >= 11 is 0. The van der Waals surface area contributed by atoms with Gasteiger partial charge in [-0.1, -0.05) is 188 Å². The van der Waals surface area contributed by atoms with Crippen LogP contribution in [0.4, 0.5) is 17.1 Å². The number of nitrogens with zero attached hydrogens (tertiary/aromatic N) is 2. The Balaban J connectivity index is 1.04. The first-order valence-corrected chi connectivity index (χ1v) is 21.8. The summed E-state index contributed by atoms with van der Waals surface area (Å²) in [5.74, 6) is 0. The van der Waals surface area contributed by atoms with Crippen molar-refractivity contribution < 1.29 is 0 Å². The number of hydrogen-bond donors (Lipinski definition) is 0. The van der Waals surface area contributed by atoms with Crippen LogP contribution in [0.2, 0.25) is 0 Å². The maximum Gasteiger partial charge on any atom is 0.0726 e. The van der Waals surface area contributed by atoms with Gasteiger partial charge in [0.15, 0.2) is 0 Å². The third-order valence-electron chi connectivity index (χ3n) is 13.6. The molecule has 11 aromatic rings. The lowest BCUT2D eigenvalue weighted by Gasteiger charge is -2.32. The Bertz CT molecular complexity index is 3500. The summed E-state index contributed by atoms with van der Waals surface area (Å²) in [5, 5.41) is 2.45. The Labute approximate surface area is 367 Å². The Morgan fingerprint density at radius 2 is 0.794 bits per heavy atom. The minimum atomic E-state index is -0.441. The Morgan fingerprint density at radius 1 is 0.317 bits per heavy atom. The lowest BCUT2D eigenvalue weighted by atomic mass is 9.70. The molecule has 1 spiro atoms. The third-order valence-corrected chi connectivity index (χ3v) is 13.6. The van der Waals surface area contributed by atoms with E-state index < -0.39 is 5.41 Å². The van der Waals surface area contributed by atoms with E-state index >= 15 is 0 Å². The van der Waals surface area contributed by atoms with Gasteiger partial charge in [0.25, 0.3) is 0 Å². The molecule has 0 unspecified atom stereocenters. The zero-order chi connectivity index (χ0) is 41.5. The van der Waals surface area contributed by atoms with Crippen LogP contribution in [0.3, 0.4) is 0 Å². The molecule has 2 heteroatoms. The Morgan fingerprint density at radius 3 is 1.46 bits per heavy atom. The fraction of sp³-hybridized carbons (Fsp3) is 0.0164. The van der Waals surface area contributed by atoms with Crippen LogP contribution in [0.1, 0.15) is 22.3 Å². The molecule has 294 valence electrons. The molecule has 0 saturated carbocycles. The van der Waals surface area contributed by atoms with Gasteiger partial charge in [0.1, 0.15) is 0 Å². The van der Waals surface area contributed by atoms with Crippen molar-refractivity contribution in [1.29, 1.82) is 0 Å². The van der Waals surface area contributed by atoms with Gasteiger partial charge in [0.05, 0.1) is 22.1 Å². The van der Waals surface area contributed by atoms with E-state index in [1.54, 1.807) is 0 Å². The van der Waals surface area contributed by atoms with Gasteiger partial charge in [-0.05, 0) is 116 Å². The summed E-state index contributed by atoms with van der Waals surface area (Å²) in [6.45, 7) is 0. The highest BCUT2D eigenvalue weighted by molar-refractivity contribution is 6.11. The smallest absolute Gasteiger partial charge is 0.0726 e. The van der Waals surface area contributed by atoms with Crippen LogP contribution < -0.4 is 4.90 Å². The Kier molecular flexibility index (Phi) is 7.85. The zero-order valence-corrected chi connectivity index (χ0v) is 34.5. The molecule has 1 aromatic heterocycles. The second-order valence-corrected chi connectivity index (χ2v) is 16.8. The Hall–Kier alpha value is -8.20. The van der Waals surface area contributed by atoms with E-state index in [2.05, 4.69) is 252 Å². The molecule has 0 saturated heterocycles. The molecule has 0 radical (unpaired) electrons. The summed E-state index contributed by atoms with van der Waals surface area (Å²) in [6.07, 6.45) is 0. The summed E-state index contributed by atoms with van der Waals surface area (Å²) in [4.78, 5) is 2.50. The zero-order valence-electron chi connectivity index (χ0n) is 34.5. The number of benzene rings is 10. The van der Waals surface area contributed by atoms with Gasteiger partial charge in [-0.3, -0.25) is 0 Å². The van der Waals surface area contributed by atoms with Crippen molar-refractivity contribution in [3.8, 4) is 50.2 Å². The average molecular weight is 801 g/mol. The highest BCUT2D eigenvalue weighted by Gasteiger charge is 2.52. The van der Waals surface area contributed by atoms with Crippen LogP contribution in [-0.2, 0) is 5.41 Å². The largest absolute Gasteiger partial charge is 0.310 e. The highest BCUT2D eigenvalue weighted by atomic mass is 15.1. The van der Waals surface area contributed by atoms with Crippen molar-refractivity contribution in [1.82, 2.24) is 4.57 Å². The second-order valence-electron chi connectivity index (χ2n) is 16.8. The van der Waals surface area contributed by atoms with E-state index in [4.69, 9.17) is 0 Å². The van der Waals surface area contributed by atoms with Crippen LogP contribution in [0.5, 0.6) is 0 Å². The van der Waals surface area contributed by atoms with E-state index in [0.29, 0.717) is 0 Å². The van der Waals surface area contributed by atoms with E-state index in [-0.39, 0.29) is 0 Å². The normalized spacial score (nSPS) is 12.9. The molecule has 13 rings (SSSR count). The number of hydrogen-bond acceptors (Lipinski definition) is 1. The summed E-state index contributed by atoms with van der Waals surface area (Å²) in [5.41, 5.74) is 21.8. The van der Waals surface area contributed by atoms with E-state index in [1.165, 1.54) is 88.6 Å². The van der Waals surface area contributed by atoms with E-state index in [1.807, 2.05) is 0 Å². The summed E-state index contributed by atoms with van der Waals surface area (Å²) < 4.78 is 2.39. The topological polar surface area (TPSA) is 8.17 Å². The predicted octanol–water partition coefficient (Wildman–Crippen LogP) is 15.9. The SMILES string of the molecule is c1ccc(-c2ccc(-c3ccc(N(c4ccc5c(c4)c4ccccc4n5-c4ccccc4)c4cccc5c4-c4ccccc4C54c5ccccc5-c5ccccc54)cc3)cc2)cc1. The lowest BCUT2D eigenvalue weighted by Crippen LogP contribution is -2.26. The van der Waals surface area contributed by atoms with E-state index in [9.17, 15) is 0 Å². The lowest BCUT2D eigenvalue weighted by molar-refractivity contribution is 0.794. The minimum absolute atomic E-state index is 0.441. The van der Waals surface area contributed by atoms with Gasteiger partial charge < -0.3 is 9.47 Å². The molecule has 0 N–H and O–H groups in total. The molecular formula is C61H40N2. The number of fused-ring (bicyclic) bond motifs is 13. The highest BCUT2D eigenvalue weighted by Crippen LogP contribution is 2.64. The molecule has 2 nitrogen and oxygen atoms in total. The number of aromatic nitrogens is 1. The monoisotopic (exact) mass is 800 g/mol. The van der Waals surface area contributed by atoms with Gasteiger partial charge in [-0.15, -0.1) is 0 Å². The molecule has 0 fully saturated rings. The second kappa shape index (κ2) is 13.9. The van der Waals surface area contributed by atoms with Crippen molar-refractivity contribution in [2.75, 3.05) is 4.90 Å². The van der Waals surface area contributed by atoms with Crippen molar-refractivity contribution in [2.45, 2.75) is 5.41 Å². The number of anilines is 3. The first-order chi connectivity index (χ1) is 31.3. The summed E-state index contributed by atoms with van der Waals surface area (Å²) in [7, 11) is 0. The van der Waals surface area contributed by atoms with Crippen LogP contribution in [0.15, 0.2) is 243 Å². The average Bonchev–Trinajstić information content (AvgIpc) is 3.97. The molecule has 0 bridgehead atoms. The van der Waals surface area contributed by atoms with Crippen molar-refractivity contribution in [2.24, 2.45) is 0 Å². The van der Waals surface area contributed by atoms with Crippen LogP contribution >= 0.6 is 0 Å². The van der Waals surface area contributed by atoms with Crippen molar-refractivity contribution in [3.63, 3.8) is 0 Å². The molecule has 0 atom stereocenters. The van der Waals surface area contributed by atoms with Crippen molar-refractivity contribution >= 4 is 38.9 Å². The molecule has 2 aliphatic carbocycles. The van der Waals surface area contributed by atoms with Crippen LogP contribution in [-0.4, -0.2) is 4.57 Å². The maximum absolute atomic E-state index is 2.50. The third kappa shape index (κ3) is 5.19. The van der Waals surface area contributed by atoms with Crippen molar-refractivity contribution in [3.05, 3.63) is 265 Å². The molecule has 2 aliphatic rings. The van der Waals surface area contributed by atoms with Crippen LogP contribution in [0, 0.1) is 0 Å². The van der Waals surface area contributed by atoms with Gasteiger partial charge >= 0.3 is 0 Å². The molecule has 1 heterocycles. The maximum atomic E-state index is 2.50. The van der Waals surface area contributed by atoms with E-state index in [0.717, 1.165) is 22.7 Å². The first-order valence-electron chi connectivity index (χ1n) is 21.8. The van der Waals surface area contributed by atoms with Gasteiger partial charge in [0, 0.05) is 33.4 Å². The molecule has 10 aromatic carbocycles. The molecular weight excluding hydrogens is 761 g/mol. The van der Waals surface area contributed by atoms with Gasteiger partial charge in [-0.2, -0.15) is 0 Å². The van der Waals surface area contributed by atoms with Crippen LogP contribution in [0.25, 0.3) is 72.0 Å². The first kappa shape index (κ1) is 35.5. The van der Waals surface area contributed by atoms with Gasteiger partial charge in [-0.25, -0.2) is 0 Å². The summed E-state index contributed by atoms with van der Waals surface area (Å²) in [6, 6.07) is 89.5. The quantitative estimate of drug-likeness (QED) is 0.163. The molecule has 0 aliphatic heterocycles. The molecule has 0 amide bonds. The predicted molar refractivity (Wildman–Crippen MR) is 263 cm³/mol. The minimum Gasteiger partial charge on any atom is -0.310 e. The number of para-hydroxylation sites is 2.